The lowest BCUT2D eigenvalue weighted by Crippen LogP contribution is -2.50. The highest BCUT2D eigenvalue weighted by Gasteiger charge is 2.50. The summed E-state index contributed by atoms with van der Waals surface area (Å²) < 4.78 is 12.0. The summed E-state index contributed by atoms with van der Waals surface area (Å²) in [7, 11) is 3.40. The van der Waals surface area contributed by atoms with Gasteiger partial charge >= 0.3 is 0 Å². The molecule has 3 aliphatic rings. The molecule has 200 valence electrons. The van der Waals surface area contributed by atoms with Crippen molar-refractivity contribution in [3.8, 4) is 11.5 Å². The number of nitrogens with zero attached hydrogens (tertiary/aromatic N) is 2. The highest BCUT2D eigenvalue weighted by Crippen LogP contribution is 2.58. The van der Waals surface area contributed by atoms with Crippen LogP contribution in [0.4, 0.5) is 5.69 Å². The first-order chi connectivity index (χ1) is 18.3. The van der Waals surface area contributed by atoms with Crippen LogP contribution in [0.5, 0.6) is 11.5 Å². The Morgan fingerprint density at radius 2 is 1.74 bits per heavy atom. The molecule has 38 heavy (non-hydrogen) atoms. The maximum Gasteiger partial charge on any atom is 0.258 e. The fraction of sp³-hybridized carbons (Fsp3) is 0.438. The molecule has 1 heterocycles. The third-order valence-corrected chi connectivity index (χ3v) is 9.52. The number of hydrogen-bond donors (Lipinski definition) is 0. The second kappa shape index (κ2) is 10.7. The minimum Gasteiger partial charge on any atom is -0.497 e. The second-order valence-electron chi connectivity index (χ2n) is 11.1. The molecular formula is C32H37BrN2O3. The zero-order valence-electron chi connectivity index (χ0n) is 22.9. The zero-order chi connectivity index (χ0) is 26.9. The number of aromatic nitrogens is 1. The number of carbonyl (C=O) groups is 1. The van der Waals surface area contributed by atoms with Crippen LogP contribution in [0.2, 0.25) is 0 Å². The van der Waals surface area contributed by atoms with E-state index < -0.39 is 0 Å². The lowest BCUT2D eigenvalue weighted by molar-refractivity contribution is 0.0441. The average Bonchev–Trinajstić information content (AvgIpc) is 2.96. The summed E-state index contributed by atoms with van der Waals surface area (Å²) in [5.74, 6) is 1.72. The van der Waals surface area contributed by atoms with Gasteiger partial charge in [0.15, 0.2) is 0 Å². The number of ether oxygens (including phenoxy) is 2. The Kier molecular flexibility index (Phi) is 7.54. The summed E-state index contributed by atoms with van der Waals surface area (Å²) in [6.45, 7) is 4.91. The minimum atomic E-state index is 0.0342. The molecule has 1 aromatic heterocycles. The lowest BCUT2D eigenvalue weighted by Gasteiger charge is -2.55. The van der Waals surface area contributed by atoms with E-state index in [9.17, 15) is 4.79 Å². The fourth-order valence-corrected chi connectivity index (χ4v) is 7.10. The van der Waals surface area contributed by atoms with Gasteiger partial charge in [-0.2, -0.15) is 0 Å². The van der Waals surface area contributed by atoms with Crippen LogP contribution in [-0.4, -0.2) is 31.7 Å². The van der Waals surface area contributed by atoms with Gasteiger partial charge in [0.1, 0.15) is 11.5 Å². The van der Waals surface area contributed by atoms with Crippen molar-refractivity contribution in [2.75, 3.05) is 25.7 Å². The van der Waals surface area contributed by atoms with Crippen molar-refractivity contribution in [3.63, 3.8) is 0 Å². The predicted octanol–water partition coefficient (Wildman–Crippen LogP) is 7.67. The predicted molar refractivity (Wildman–Crippen MR) is 156 cm³/mol. The van der Waals surface area contributed by atoms with Crippen molar-refractivity contribution in [3.05, 3.63) is 81.6 Å². The van der Waals surface area contributed by atoms with E-state index in [4.69, 9.17) is 9.47 Å². The number of rotatable bonds is 8. The highest BCUT2D eigenvalue weighted by molar-refractivity contribution is 9.10. The molecule has 0 saturated heterocycles. The van der Waals surface area contributed by atoms with Gasteiger partial charge < -0.3 is 14.4 Å². The summed E-state index contributed by atoms with van der Waals surface area (Å²) in [5.41, 5.74) is 5.55. The molecule has 0 unspecified atom stereocenters. The van der Waals surface area contributed by atoms with Gasteiger partial charge in [-0.25, -0.2) is 0 Å². The van der Waals surface area contributed by atoms with Crippen molar-refractivity contribution in [2.45, 2.75) is 64.2 Å². The Bertz CT molecular complexity index is 1310. The fourth-order valence-electron chi connectivity index (χ4n) is 6.64. The van der Waals surface area contributed by atoms with E-state index in [-0.39, 0.29) is 16.7 Å². The van der Waals surface area contributed by atoms with Crippen LogP contribution in [-0.2, 0) is 11.8 Å². The van der Waals surface area contributed by atoms with Gasteiger partial charge in [-0.15, -0.1) is 0 Å². The van der Waals surface area contributed by atoms with Crippen LogP contribution in [0.3, 0.4) is 0 Å². The van der Waals surface area contributed by atoms with Crippen molar-refractivity contribution < 1.29 is 14.3 Å². The number of halogens is 1. The molecule has 6 heteroatoms. The number of methoxy groups -OCH3 is 2. The van der Waals surface area contributed by atoms with Gasteiger partial charge in [-0.3, -0.25) is 9.78 Å². The quantitative estimate of drug-likeness (QED) is 0.276. The first-order valence-electron chi connectivity index (χ1n) is 13.6. The first-order valence-corrected chi connectivity index (χ1v) is 14.4. The minimum absolute atomic E-state index is 0.0342. The van der Waals surface area contributed by atoms with Crippen LogP contribution in [0, 0.1) is 12.3 Å². The van der Waals surface area contributed by atoms with E-state index in [1.165, 1.54) is 11.1 Å². The number of pyridine rings is 1. The number of benzene rings is 2. The summed E-state index contributed by atoms with van der Waals surface area (Å²) in [5, 5.41) is 0. The highest BCUT2D eigenvalue weighted by atomic mass is 79.9. The maximum atomic E-state index is 14.2. The molecule has 0 N–H and O–H groups in total. The third kappa shape index (κ3) is 4.95. The molecule has 2 bridgehead atoms. The van der Waals surface area contributed by atoms with Crippen molar-refractivity contribution in [2.24, 2.45) is 5.41 Å². The molecule has 6 rings (SSSR count). The van der Waals surface area contributed by atoms with E-state index in [1.54, 1.807) is 20.4 Å². The van der Waals surface area contributed by atoms with Crippen LogP contribution in [0.25, 0.3) is 0 Å². The Morgan fingerprint density at radius 1 is 1.00 bits per heavy atom. The largest absolute Gasteiger partial charge is 0.497 e. The standard InChI is InChI=1S/C32H37BrN2O3/c1-5-23-20-34-15-8-28(23)30(36)35(26-17-25(33)18-27(19-26)37-3)21-31-9-12-32(13-10-31,14-11-31)24-6-7-29(38-4)22(2)16-24/h6-8,15-20H,5,9-14,21H2,1-4H3. The van der Waals surface area contributed by atoms with Crippen molar-refractivity contribution >= 4 is 27.5 Å². The molecule has 0 aliphatic heterocycles. The maximum absolute atomic E-state index is 14.2. The number of amides is 1. The number of aryl methyl sites for hydroxylation is 2. The molecule has 0 atom stereocenters. The second-order valence-corrected chi connectivity index (χ2v) is 12.0. The van der Waals surface area contributed by atoms with Gasteiger partial charge in [-0.05, 0) is 104 Å². The monoisotopic (exact) mass is 576 g/mol. The average molecular weight is 578 g/mol. The van der Waals surface area contributed by atoms with Crippen LogP contribution in [0.1, 0.15) is 72.5 Å². The van der Waals surface area contributed by atoms with Crippen molar-refractivity contribution in [1.82, 2.24) is 4.98 Å². The van der Waals surface area contributed by atoms with Gasteiger partial charge in [0, 0.05) is 40.7 Å². The van der Waals surface area contributed by atoms with Gasteiger partial charge in [0.05, 0.1) is 14.2 Å². The number of fused-ring (bicyclic) bond motifs is 3. The van der Waals surface area contributed by atoms with Gasteiger partial charge in [0.25, 0.3) is 5.91 Å². The zero-order valence-corrected chi connectivity index (χ0v) is 24.4. The van der Waals surface area contributed by atoms with Crippen molar-refractivity contribution in [1.29, 1.82) is 0 Å². The number of hydrogen-bond acceptors (Lipinski definition) is 4. The van der Waals surface area contributed by atoms with Crippen LogP contribution >= 0.6 is 15.9 Å². The smallest absolute Gasteiger partial charge is 0.258 e. The van der Waals surface area contributed by atoms with Gasteiger partial charge in [-0.1, -0.05) is 35.0 Å². The van der Waals surface area contributed by atoms with Crippen LogP contribution in [0.15, 0.2) is 59.3 Å². The summed E-state index contributed by atoms with van der Waals surface area (Å²) in [6.07, 6.45) is 11.1. The molecule has 5 nitrogen and oxygen atoms in total. The molecule has 0 radical (unpaired) electrons. The summed E-state index contributed by atoms with van der Waals surface area (Å²) in [4.78, 5) is 20.5. The summed E-state index contributed by atoms with van der Waals surface area (Å²) in [6, 6.07) is 14.5. The number of anilines is 1. The number of carbonyl (C=O) groups excluding carboxylic acids is 1. The Balaban J connectivity index is 1.46. The Morgan fingerprint density at radius 3 is 2.37 bits per heavy atom. The van der Waals surface area contributed by atoms with E-state index in [1.807, 2.05) is 35.4 Å². The lowest BCUT2D eigenvalue weighted by atomic mass is 9.51. The topological polar surface area (TPSA) is 51.7 Å². The van der Waals surface area contributed by atoms with Gasteiger partial charge in [0.2, 0.25) is 0 Å². The molecule has 0 spiro atoms. The Labute approximate surface area is 234 Å². The van der Waals surface area contributed by atoms with E-state index in [0.717, 1.165) is 77.7 Å². The van der Waals surface area contributed by atoms with E-state index in [0.29, 0.717) is 6.54 Å². The molecule has 3 aliphatic carbocycles. The molecule has 3 aromatic rings. The molecule has 3 saturated carbocycles. The first kappa shape index (κ1) is 26.7. The normalized spacial score (nSPS) is 22.2. The summed E-state index contributed by atoms with van der Waals surface area (Å²) >= 11 is 3.63. The third-order valence-electron chi connectivity index (χ3n) is 9.07. The van der Waals surface area contributed by atoms with Crippen LogP contribution < -0.4 is 14.4 Å². The molecule has 1 amide bonds. The van der Waals surface area contributed by atoms with E-state index in [2.05, 4.69) is 53.0 Å². The molecular weight excluding hydrogens is 540 g/mol. The Hall–Kier alpha value is -2.86. The SMILES string of the molecule is CCc1cnccc1C(=O)N(CC12CCC(c3ccc(OC)c(C)c3)(CC1)CC2)c1cc(Br)cc(OC)c1. The molecule has 2 aromatic carbocycles. The van der Waals surface area contributed by atoms with E-state index >= 15 is 0 Å². The molecule has 3 fully saturated rings.